The lowest BCUT2D eigenvalue weighted by molar-refractivity contribution is -0.133. The van der Waals surface area contributed by atoms with Crippen LogP contribution in [0.15, 0.2) is 30.3 Å². The fraction of sp³-hybridized carbons (Fsp3) is 0.542. The average Bonchev–Trinajstić information content (AvgIpc) is 2.74. The first-order valence-corrected chi connectivity index (χ1v) is 10.9. The summed E-state index contributed by atoms with van der Waals surface area (Å²) in [4.78, 5) is 26.4. The van der Waals surface area contributed by atoms with Crippen LogP contribution in [-0.2, 0) is 4.79 Å². The summed E-state index contributed by atoms with van der Waals surface area (Å²) in [6.45, 7) is 7.93. The van der Waals surface area contributed by atoms with Gasteiger partial charge in [0.1, 0.15) is 5.75 Å². The number of rotatable bonds is 7. The van der Waals surface area contributed by atoms with E-state index in [9.17, 15) is 4.79 Å². The molecule has 1 aliphatic heterocycles. The molecule has 6 heteroatoms. The first-order valence-electron chi connectivity index (χ1n) is 10.9. The van der Waals surface area contributed by atoms with E-state index in [0.717, 1.165) is 61.0 Å². The monoisotopic (exact) mass is 410 g/mol. The molecule has 0 N–H and O–H groups in total. The van der Waals surface area contributed by atoms with Crippen molar-refractivity contribution in [3.8, 4) is 5.75 Å². The van der Waals surface area contributed by atoms with E-state index >= 15 is 0 Å². The lowest BCUT2D eigenvalue weighted by Gasteiger charge is -2.34. The maximum absolute atomic E-state index is 13.0. The lowest BCUT2D eigenvalue weighted by Crippen LogP contribution is -2.38. The number of nitrogens with zero attached hydrogens (tertiary/aromatic N) is 4. The summed E-state index contributed by atoms with van der Waals surface area (Å²) < 4.78 is 5.35. The zero-order valence-corrected chi connectivity index (χ0v) is 18.9. The molecule has 2 heterocycles. The minimum Gasteiger partial charge on any atom is -0.497 e. The Morgan fingerprint density at radius 1 is 1.20 bits per heavy atom. The minimum absolute atomic E-state index is 0.0661. The molecule has 0 unspecified atom stereocenters. The molecule has 1 saturated heterocycles. The Hall–Kier alpha value is -2.63. The molecule has 1 amide bonds. The SMILES string of the molecule is CC[C@H](c1cccc(OC)c1)N(C)C(=O)CC1CCN(c2nc(C)cc(C)n2)CC1. The summed E-state index contributed by atoms with van der Waals surface area (Å²) in [5.41, 5.74) is 3.12. The van der Waals surface area contributed by atoms with Gasteiger partial charge in [-0.2, -0.15) is 0 Å². The zero-order valence-electron chi connectivity index (χ0n) is 18.9. The molecule has 3 rings (SSSR count). The Labute approximate surface area is 180 Å². The first-order chi connectivity index (χ1) is 14.4. The molecular formula is C24H34N4O2. The summed E-state index contributed by atoms with van der Waals surface area (Å²) in [6.07, 6.45) is 3.45. The predicted molar refractivity (Wildman–Crippen MR) is 120 cm³/mol. The highest BCUT2D eigenvalue weighted by atomic mass is 16.5. The van der Waals surface area contributed by atoms with Gasteiger partial charge in [0.25, 0.3) is 0 Å². The van der Waals surface area contributed by atoms with Crippen molar-refractivity contribution in [1.82, 2.24) is 14.9 Å². The molecule has 162 valence electrons. The van der Waals surface area contributed by atoms with Gasteiger partial charge in [0.05, 0.1) is 13.2 Å². The van der Waals surface area contributed by atoms with Gasteiger partial charge >= 0.3 is 0 Å². The third kappa shape index (κ3) is 5.29. The molecule has 2 aromatic rings. The highest BCUT2D eigenvalue weighted by Gasteiger charge is 2.27. The van der Waals surface area contributed by atoms with E-state index in [1.165, 1.54) is 0 Å². The van der Waals surface area contributed by atoms with Gasteiger partial charge in [-0.3, -0.25) is 4.79 Å². The molecule has 1 aromatic carbocycles. The number of carbonyl (C=O) groups excluding carboxylic acids is 1. The summed E-state index contributed by atoms with van der Waals surface area (Å²) >= 11 is 0. The van der Waals surface area contributed by atoms with Crippen molar-refractivity contribution in [2.75, 3.05) is 32.1 Å². The number of carbonyl (C=O) groups is 1. The molecule has 6 nitrogen and oxygen atoms in total. The van der Waals surface area contributed by atoms with Crippen molar-refractivity contribution >= 4 is 11.9 Å². The molecule has 30 heavy (non-hydrogen) atoms. The van der Waals surface area contributed by atoms with Crippen LogP contribution in [0.1, 0.15) is 55.6 Å². The third-order valence-electron chi connectivity index (χ3n) is 6.06. The molecule has 0 aliphatic carbocycles. The number of piperidine rings is 1. The van der Waals surface area contributed by atoms with Crippen LogP contribution in [0.3, 0.4) is 0 Å². The Morgan fingerprint density at radius 2 is 1.87 bits per heavy atom. The van der Waals surface area contributed by atoms with Gasteiger partial charge in [0.15, 0.2) is 0 Å². The van der Waals surface area contributed by atoms with Crippen LogP contribution >= 0.6 is 0 Å². The van der Waals surface area contributed by atoms with Gasteiger partial charge in [0.2, 0.25) is 11.9 Å². The van der Waals surface area contributed by atoms with Gasteiger partial charge in [-0.25, -0.2) is 9.97 Å². The van der Waals surface area contributed by atoms with Crippen molar-refractivity contribution in [3.05, 3.63) is 47.3 Å². The Bertz CT molecular complexity index is 842. The fourth-order valence-corrected chi connectivity index (χ4v) is 4.33. The van der Waals surface area contributed by atoms with Gasteiger partial charge in [0, 0.05) is 37.9 Å². The maximum Gasteiger partial charge on any atom is 0.225 e. The number of anilines is 1. The standard InChI is InChI=1S/C24H34N4O2/c1-6-22(20-8-7-9-21(16-20)30-5)27(4)23(29)15-19-10-12-28(13-11-19)24-25-17(2)14-18(3)26-24/h7-9,14,16,19,22H,6,10-13,15H2,1-5H3/t22-/m1/s1. The summed E-state index contributed by atoms with van der Waals surface area (Å²) in [6, 6.07) is 10.1. The number of aryl methyl sites for hydroxylation is 2. The van der Waals surface area contributed by atoms with Gasteiger partial charge < -0.3 is 14.5 Å². The Kier molecular flexibility index (Phi) is 7.29. The smallest absolute Gasteiger partial charge is 0.225 e. The van der Waals surface area contributed by atoms with Gasteiger partial charge in [-0.05, 0) is 62.8 Å². The van der Waals surface area contributed by atoms with Crippen LogP contribution in [0, 0.1) is 19.8 Å². The molecule has 1 aromatic heterocycles. The van der Waals surface area contributed by atoms with Crippen LogP contribution in [-0.4, -0.2) is 48.0 Å². The third-order valence-corrected chi connectivity index (χ3v) is 6.06. The number of ether oxygens (including phenoxy) is 1. The summed E-state index contributed by atoms with van der Waals surface area (Å²) in [5.74, 6) is 2.27. The summed E-state index contributed by atoms with van der Waals surface area (Å²) in [7, 11) is 3.60. The van der Waals surface area contributed by atoms with E-state index in [2.05, 4.69) is 27.9 Å². The molecule has 0 saturated carbocycles. The zero-order chi connectivity index (χ0) is 21.7. The quantitative estimate of drug-likeness (QED) is 0.680. The number of methoxy groups -OCH3 is 1. The van der Waals surface area contributed by atoms with Crippen molar-refractivity contribution in [2.24, 2.45) is 5.92 Å². The molecule has 0 spiro atoms. The average molecular weight is 411 g/mol. The highest BCUT2D eigenvalue weighted by Crippen LogP contribution is 2.29. The van der Waals surface area contributed by atoms with Crippen LogP contribution in [0.2, 0.25) is 0 Å². The van der Waals surface area contributed by atoms with E-state index in [0.29, 0.717) is 12.3 Å². The van der Waals surface area contributed by atoms with E-state index in [4.69, 9.17) is 4.74 Å². The predicted octanol–water partition coefficient (Wildman–Crippen LogP) is 4.32. The number of benzene rings is 1. The number of hydrogen-bond donors (Lipinski definition) is 0. The van der Waals surface area contributed by atoms with Crippen LogP contribution < -0.4 is 9.64 Å². The second-order valence-corrected chi connectivity index (χ2v) is 8.29. The number of hydrogen-bond acceptors (Lipinski definition) is 5. The normalized spacial score (nSPS) is 15.7. The van der Waals surface area contributed by atoms with E-state index in [1.807, 2.05) is 50.1 Å². The highest BCUT2D eigenvalue weighted by molar-refractivity contribution is 5.76. The van der Waals surface area contributed by atoms with E-state index in [-0.39, 0.29) is 11.9 Å². The molecule has 0 radical (unpaired) electrons. The second kappa shape index (κ2) is 9.92. The number of amides is 1. The lowest BCUT2D eigenvalue weighted by atomic mass is 9.92. The van der Waals surface area contributed by atoms with Crippen molar-refractivity contribution < 1.29 is 9.53 Å². The Morgan fingerprint density at radius 3 is 2.47 bits per heavy atom. The molecule has 1 fully saturated rings. The van der Waals surface area contributed by atoms with Crippen LogP contribution in [0.5, 0.6) is 5.75 Å². The van der Waals surface area contributed by atoms with Gasteiger partial charge in [-0.1, -0.05) is 19.1 Å². The molecule has 0 bridgehead atoms. The van der Waals surface area contributed by atoms with Crippen molar-refractivity contribution in [1.29, 1.82) is 0 Å². The Balaban J connectivity index is 1.58. The summed E-state index contributed by atoms with van der Waals surface area (Å²) in [5, 5.41) is 0. The largest absolute Gasteiger partial charge is 0.497 e. The second-order valence-electron chi connectivity index (χ2n) is 8.29. The van der Waals surface area contributed by atoms with E-state index < -0.39 is 0 Å². The number of aromatic nitrogens is 2. The van der Waals surface area contributed by atoms with Gasteiger partial charge in [-0.15, -0.1) is 0 Å². The first kappa shape index (κ1) is 22.1. The van der Waals surface area contributed by atoms with Crippen molar-refractivity contribution in [3.63, 3.8) is 0 Å². The minimum atomic E-state index is 0.0661. The van der Waals surface area contributed by atoms with Crippen molar-refractivity contribution in [2.45, 2.75) is 52.5 Å². The fourth-order valence-electron chi connectivity index (χ4n) is 4.33. The van der Waals surface area contributed by atoms with Crippen LogP contribution in [0.4, 0.5) is 5.95 Å². The maximum atomic E-state index is 13.0. The molecule has 1 aliphatic rings. The molecule has 1 atom stereocenters. The van der Waals surface area contributed by atoms with Crippen LogP contribution in [0.25, 0.3) is 0 Å². The molecular weight excluding hydrogens is 376 g/mol. The van der Waals surface area contributed by atoms with E-state index in [1.54, 1.807) is 7.11 Å². The topological polar surface area (TPSA) is 58.6 Å².